The lowest BCUT2D eigenvalue weighted by Gasteiger charge is -2.28. The SMILES string of the molecule is C#CC(C)(C)NC(=O)OCC(C)(CCC)COC(N)=O. The molecule has 6 heteroatoms. The van der Waals surface area contributed by atoms with Gasteiger partial charge in [-0.05, 0) is 20.3 Å². The van der Waals surface area contributed by atoms with Crippen molar-refractivity contribution in [2.75, 3.05) is 13.2 Å². The maximum absolute atomic E-state index is 11.6. The molecule has 20 heavy (non-hydrogen) atoms. The molecule has 2 amide bonds. The summed E-state index contributed by atoms with van der Waals surface area (Å²) in [6, 6.07) is 0. The van der Waals surface area contributed by atoms with Crippen LogP contribution in [-0.4, -0.2) is 30.9 Å². The Kier molecular flexibility index (Phi) is 6.91. The molecule has 0 radical (unpaired) electrons. The molecule has 0 aromatic rings. The van der Waals surface area contributed by atoms with Gasteiger partial charge >= 0.3 is 12.2 Å². The van der Waals surface area contributed by atoms with Crippen molar-refractivity contribution in [1.82, 2.24) is 5.32 Å². The van der Waals surface area contributed by atoms with E-state index in [0.717, 1.165) is 12.8 Å². The van der Waals surface area contributed by atoms with E-state index in [0.29, 0.717) is 0 Å². The molecule has 0 aliphatic carbocycles. The first-order chi connectivity index (χ1) is 9.14. The van der Waals surface area contributed by atoms with Crippen LogP contribution < -0.4 is 11.1 Å². The van der Waals surface area contributed by atoms with Crippen molar-refractivity contribution in [3.63, 3.8) is 0 Å². The summed E-state index contributed by atoms with van der Waals surface area (Å²) >= 11 is 0. The van der Waals surface area contributed by atoms with Gasteiger partial charge in [0.15, 0.2) is 0 Å². The predicted molar refractivity (Wildman–Crippen MR) is 75.9 cm³/mol. The van der Waals surface area contributed by atoms with Crippen molar-refractivity contribution in [1.29, 1.82) is 0 Å². The zero-order valence-electron chi connectivity index (χ0n) is 12.6. The summed E-state index contributed by atoms with van der Waals surface area (Å²) in [5.41, 5.74) is 3.70. The molecule has 0 spiro atoms. The number of carbonyl (C=O) groups is 2. The molecule has 6 nitrogen and oxygen atoms in total. The van der Waals surface area contributed by atoms with Crippen LogP contribution in [0.3, 0.4) is 0 Å². The monoisotopic (exact) mass is 284 g/mol. The van der Waals surface area contributed by atoms with E-state index >= 15 is 0 Å². The maximum atomic E-state index is 11.6. The van der Waals surface area contributed by atoms with Crippen LogP contribution in [0.1, 0.15) is 40.5 Å². The predicted octanol–water partition coefficient (Wildman–Crippen LogP) is 2.03. The van der Waals surface area contributed by atoms with E-state index in [1.807, 2.05) is 13.8 Å². The summed E-state index contributed by atoms with van der Waals surface area (Å²) in [4.78, 5) is 22.3. The van der Waals surface area contributed by atoms with Crippen molar-refractivity contribution in [3.8, 4) is 12.3 Å². The van der Waals surface area contributed by atoms with Crippen LogP contribution in [0.5, 0.6) is 0 Å². The van der Waals surface area contributed by atoms with Gasteiger partial charge in [-0.3, -0.25) is 0 Å². The molecule has 0 fully saturated rings. The van der Waals surface area contributed by atoms with Crippen molar-refractivity contribution < 1.29 is 19.1 Å². The zero-order valence-corrected chi connectivity index (χ0v) is 12.6. The highest BCUT2D eigenvalue weighted by molar-refractivity contribution is 5.69. The third-order valence-corrected chi connectivity index (χ3v) is 2.74. The number of hydrogen-bond donors (Lipinski definition) is 2. The molecule has 0 saturated carbocycles. The number of carbonyl (C=O) groups excluding carboxylic acids is 2. The molecule has 1 unspecified atom stereocenters. The Bertz CT molecular complexity index is 387. The van der Waals surface area contributed by atoms with Gasteiger partial charge in [0.2, 0.25) is 0 Å². The van der Waals surface area contributed by atoms with Gasteiger partial charge in [-0.1, -0.05) is 26.2 Å². The van der Waals surface area contributed by atoms with Crippen LogP contribution in [0.4, 0.5) is 9.59 Å². The van der Waals surface area contributed by atoms with Gasteiger partial charge in [-0.15, -0.1) is 6.42 Å². The summed E-state index contributed by atoms with van der Waals surface area (Å²) in [5, 5.41) is 2.56. The molecule has 0 aromatic carbocycles. The Morgan fingerprint density at radius 2 is 1.80 bits per heavy atom. The smallest absolute Gasteiger partial charge is 0.408 e. The molecule has 0 rings (SSSR count). The normalized spacial score (nSPS) is 13.8. The maximum Gasteiger partial charge on any atom is 0.408 e. The summed E-state index contributed by atoms with van der Waals surface area (Å²) in [6.45, 7) is 7.44. The summed E-state index contributed by atoms with van der Waals surface area (Å²) in [7, 11) is 0. The van der Waals surface area contributed by atoms with E-state index in [2.05, 4.69) is 11.2 Å². The summed E-state index contributed by atoms with van der Waals surface area (Å²) < 4.78 is 9.96. The number of nitrogens with two attached hydrogens (primary N) is 1. The number of nitrogens with one attached hydrogen (secondary N) is 1. The van der Waals surface area contributed by atoms with E-state index in [-0.39, 0.29) is 13.2 Å². The Hall–Kier alpha value is -1.90. The van der Waals surface area contributed by atoms with Gasteiger partial charge in [0, 0.05) is 5.41 Å². The Labute approximate surface area is 120 Å². The van der Waals surface area contributed by atoms with E-state index in [1.165, 1.54) is 0 Å². The number of terminal acetylenes is 1. The molecule has 0 saturated heterocycles. The first kappa shape index (κ1) is 18.1. The molecule has 3 N–H and O–H groups in total. The van der Waals surface area contributed by atoms with E-state index in [1.54, 1.807) is 13.8 Å². The summed E-state index contributed by atoms with van der Waals surface area (Å²) in [6.07, 6.45) is 5.42. The third kappa shape index (κ3) is 7.52. The fourth-order valence-electron chi connectivity index (χ4n) is 1.60. The topological polar surface area (TPSA) is 90.7 Å². The second kappa shape index (κ2) is 7.63. The van der Waals surface area contributed by atoms with Crippen molar-refractivity contribution in [3.05, 3.63) is 0 Å². The molecular weight excluding hydrogens is 260 g/mol. The molecule has 0 bridgehead atoms. The molecule has 0 heterocycles. The fourth-order valence-corrected chi connectivity index (χ4v) is 1.60. The molecule has 0 aliphatic heterocycles. The van der Waals surface area contributed by atoms with Crippen molar-refractivity contribution in [2.45, 2.75) is 46.1 Å². The first-order valence-electron chi connectivity index (χ1n) is 6.49. The van der Waals surface area contributed by atoms with Crippen LogP contribution in [-0.2, 0) is 9.47 Å². The molecule has 0 aliphatic rings. The van der Waals surface area contributed by atoms with Gasteiger partial charge in [0.25, 0.3) is 0 Å². The van der Waals surface area contributed by atoms with Gasteiger partial charge < -0.3 is 20.5 Å². The standard InChI is InChI=1S/C14H24N2O4/c1-6-8-14(5,9-19-11(15)17)10-20-12(18)16-13(3,4)7-2/h2H,6,8-10H2,1,3-5H3,(H2,15,17)(H,16,18). The molecule has 0 aromatic heterocycles. The largest absolute Gasteiger partial charge is 0.449 e. The number of hydrogen-bond acceptors (Lipinski definition) is 4. The average Bonchev–Trinajstić information content (AvgIpc) is 2.34. The van der Waals surface area contributed by atoms with Crippen molar-refractivity contribution in [2.24, 2.45) is 11.1 Å². The van der Waals surface area contributed by atoms with Crippen LogP contribution >= 0.6 is 0 Å². The highest BCUT2D eigenvalue weighted by atomic mass is 16.6. The molecule has 114 valence electrons. The lowest BCUT2D eigenvalue weighted by Crippen LogP contribution is -2.44. The lowest BCUT2D eigenvalue weighted by molar-refractivity contribution is 0.0325. The second-order valence-corrected chi connectivity index (χ2v) is 5.64. The second-order valence-electron chi connectivity index (χ2n) is 5.64. The van der Waals surface area contributed by atoms with Crippen LogP contribution in [0.2, 0.25) is 0 Å². The Morgan fingerprint density at radius 3 is 2.25 bits per heavy atom. The molecule has 1 atom stereocenters. The number of alkyl carbamates (subject to hydrolysis) is 1. The zero-order chi connectivity index (χ0) is 15.8. The van der Waals surface area contributed by atoms with Gasteiger partial charge in [-0.25, -0.2) is 9.59 Å². The van der Waals surface area contributed by atoms with E-state index in [4.69, 9.17) is 21.6 Å². The highest BCUT2D eigenvalue weighted by Gasteiger charge is 2.28. The van der Waals surface area contributed by atoms with Crippen molar-refractivity contribution >= 4 is 12.2 Å². The van der Waals surface area contributed by atoms with Gasteiger partial charge in [-0.2, -0.15) is 0 Å². The molecular formula is C14H24N2O4. The number of amides is 2. The third-order valence-electron chi connectivity index (χ3n) is 2.74. The highest BCUT2D eigenvalue weighted by Crippen LogP contribution is 2.24. The average molecular weight is 284 g/mol. The van der Waals surface area contributed by atoms with E-state index in [9.17, 15) is 9.59 Å². The van der Waals surface area contributed by atoms with E-state index < -0.39 is 23.1 Å². The van der Waals surface area contributed by atoms with Crippen LogP contribution in [0, 0.1) is 17.8 Å². The van der Waals surface area contributed by atoms with Crippen LogP contribution in [0.15, 0.2) is 0 Å². The Morgan fingerprint density at radius 1 is 1.25 bits per heavy atom. The first-order valence-corrected chi connectivity index (χ1v) is 6.49. The number of primary amides is 1. The summed E-state index contributed by atoms with van der Waals surface area (Å²) in [5.74, 6) is 2.44. The minimum absolute atomic E-state index is 0.0992. The lowest BCUT2D eigenvalue weighted by atomic mass is 9.87. The fraction of sp³-hybridized carbons (Fsp3) is 0.714. The Balaban J connectivity index is 4.43. The number of rotatable bonds is 7. The minimum atomic E-state index is -0.842. The number of ether oxygens (including phenoxy) is 2. The quantitative estimate of drug-likeness (QED) is 0.700. The minimum Gasteiger partial charge on any atom is -0.449 e. The van der Waals surface area contributed by atoms with Crippen LogP contribution in [0.25, 0.3) is 0 Å². The van der Waals surface area contributed by atoms with Gasteiger partial charge in [0.1, 0.15) is 13.2 Å². The van der Waals surface area contributed by atoms with Gasteiger partial charge in [0.05, 0.1) is 5.54 Å².